The highest BCUT2D eigenvalue weighted by atomic mass is 16.5. The molecule has 21 heavy (non-hydrogen) atoms. The van der Waals surface area contributed by atoms with Crippen LogP contribution >= 0.6 is 0 Å². The van der Waals surface area contributed by atoms with Gasteiger partial charge in [-0.1, -0.05) is 12.1 Å². The number of para-hydroxylation sites is 1. The van der Waals surface area contributed by atoms with E-state index in [9.17, 15) is 9.59 Å². The molecule has 0 aliphatic carbocycles. The average molecular weight is 286 g/mol. The van der Waals surface area contributed by atoms with E-state index in [-0.39, 0.29) is 22.9 Å². The van der Waals surface area contributed by atoms with Gasteiger partial charge in [0.25, 0.3) is 5.91 Å². The smallest absolute Gasteiger partial charge is 0.257 e. The van der Waals surface area contributed by atoms with Crippen molar-refractivity contribution in [2.24, 2.45) is 0 Å². The third-order valence-corrected chi connectivity index (χ3v) is 3.84. The number of hydrogen-bond acceptors (Lipinski definition) is 3. The second-order valence-electron chi connectivity index (χ2n) is 5.46. The number of ether oxygens (including phenoxy) is 1. The van der Waals surface area contributed by atoms with Crippen molar-refractivity contribution in [3.8, 4) is 0 Å². The second kappa shape index (κ2) is 5.33. The number of nitrogens with zero attached hydrogens (tertiary/aromatic N) is 1. The molecule has 1 aliphatic heterocycles. The first-order chi connectivity index (χ1) is 10.1. The van der Waals surface area contributed by atoms with Crippen molar-refractivity contribution in [3.05, 3.63) is 45.7 Å². The Morgan fingerprint density at radius 3 is 3.05 bits per heavy atom. The lowest BCUT2D eigenvalue weighted by Gasteiger charge is -2.13. The van der Waals surface area contributed by atoms with Crippen LogP contribution in [0.2, 0.25) is 0 Å². The number of methoxy groups -OCH3 is 1. The molecule has 1 atom stereocenters. The Hall–Kier alpha value is -2.14. The number of carbonyl (C=O) groups is 1. The highest BCUT2D eigenvalue weighted by Gasteiger charge is 2.20. The van der Waals surface area contributed by atoms with Gasteiger partial charge in [0, 0.05) is 31.3 Å². The van der Waals surface area contributed by atoms with Gasteiger partial charge in [-0.2, -0.15) is 0 Å². The topological polar surface area (TPSA) is 60.3 Å². The van der Waals surface area contributed by atoms with E-state index in [0.29, 0.717) is 12.0 Å². The Morgan fingerprint density at radius 2 is 2.29 bits per heavy atom. The maximum atomic E-state index is 12.5. The Kier molecular flexibility index (Phi) is 3.51. The van der Waals surface area contributed by atoms with Crippen molar-refractivity contribution >= 4 is 16.8 Å². The van der Waals surface area contributed by atoms with Gasteiger partial charge in [0.15, 0.2) is 0 Å². The number of nitrogens with one attached hydrogen (secondary N) is 1. The van der Waals surface area contributed by atoms with Crippen LogP contribution in [-0.2, 0) is 17.7 Å². The predicted octanol–water partition coefficient (Wildman–Crippen LogP) is 1.32. The molecule has 2 aromatic rings. The van der Waals surface area contributed by atoms with E-state index in [0.717, 1.165) is 18.5 Å². The predicted molar refractivity (Wildman–Crippen MR) is 80.7 cm³/mol. The number of benzene rings is 1. The number of hydrogen-bond donors (Lipinski definition) is 1. The van der Waals surface area contributed by atoms with Crippen molar-refractivity contribution in [2.75, 3.05) is 13.7 Å². The maximum Gasteiger partial charge on any atom is 0.257 e. The van der Waals surface area contributed by atoms with Gasteiger partial charge in [0.05, 0.1) is 12.1 Å². The molecule has 0 saturated carbocycles. The zero-order valence-corrected chi connectivity index (χ0v) is 12.2. The SMILES string of the molecule is COC[C@H](C)NC(=O)c1cn2c3c(cccc3c1=O)CC2. The molecule has 1 aliphatic rings. The molecular formula is C16H18N2O3. The van der Waals surface area contributed by atoms with Crippen LogP contribution in [0.15, 0.2) is 29.2 Å². The minimum Gasteiger partial charge on any atom is -0.383 e. The van der Waals surface area contributed by atoms with E-state index in [4.69, 9.17) is 4.74 Å². The zero-order valence-electron chi connectivity index (χ0n) is 12.2. The normalized spacial score (nSPS) is 14.4. The summed E-state index contributed by atoms with van der Waals surface area (Å²) in [5, 5.41) is 3.42. The quantitative estimate of drug-likeness (QED) is 0.922. The fourth-order valence-corrected chi connectivity index (χ4v) is 2.91. The third kappa shape index (κ3) is 2.34. The van der Waals surface area contributed by atoms with E-state index in [1.807, 2.05) is 23.6 Å². The van der Waals surface area contributed by atoms with Gasteiger partial charge < -0.3 is 14.6 Å². The van der Waals surface area contributed by atoms with Crippen LogP contribution in [0.3, 0.4) is 0 Å². The number of pyridine rings is 1. The van der Waals surface area contributed by atoms with Gasteiger partial charge >= 0.3 is 0 Å². The van der Waals surface area contributed by atoms with Crippen molar-refractivity contribution < 1.29 is 9.53 Å². The van der Waals surface area contributed by atoms with Crippen LogP contribution < -0.4 is 10.7 Å². The van der Waals surface area contributed by atoms with E-state index < -0.39 is 0 Å². The molecule has 3 rings (SSSR count). The van der Waals surface area contributed by atoms with Crippen molar-refractivity contribution in [1.82, 2.24) is 9.88 Å². The van der Waals surface area contributed by atoms with Crippen LogP contribution in [-0.4, -0.2) is 30.2 Å². The van der Waals surface area contributed by atoms with Gasteiger partial charge in [0.1, 0.15) is 5.56 Å². The largest absolute Gasteiger partial charge is 0.383 e. The number of aryl methyl sites for hydroxylation is 2. The number of carbonyl (C=O) groups excluding carboxylic acids is 1. The van der Waals surface area contributed by atoms with Crippen molar-refractivity contribution in [2.45, 2.75) is 25.9 Å². The van der Waals surface area contributed by atoms with Crippen LogP contribution in [0.5, 0.6) is 0 Å². The first-order valence-corrected chi connectivity index (χ1v) is 7.06. The molecule has 1 amide bonds. The molecule has 5 nitrogen and oxygen atoms in total. The van der Waals surface area contributed by atoms with Gasteiger partial charge in [-0.25, -0.2) is 0 Å². The Morgan fingerprint density at radius 1 is 1.48 bits per heavy atom. The molecule has 1 aromatic carbocycles. The molecule has 110 valence electrons. The maximum absolute atomic E-state index is 12.5. The summed E-state index contributed by atoms with van der Waals surface area (Å²) in [7, 11) is 1.58. The lowest BCUT2D eigenvalue weighted by molar-refractivity contribution is 0.0904. The monoisotopic (exact) mass is 286 g/mol. The average Bonchev–Trinajstić information content (AvgIpc) is 2.87. The van der Waals surface area contributed by atoms with Crippen molar-refractivity contribution in [1.29, 1.82) is 0 Å². The molecule has 1 N–H and O–H groups in total. The third-order valence-electron chi connectivity index (χ3n) is 3.84. The van der Waals surface area contributed by atoms with Gasteiger partial charge in [-0.05, 0) is 25.0 Å². The first-order valence-electron chi connectivity index (χ1n) is 7.06. The highest BCUT2D eigenvalue weighted by molar-refractivity contribution is 5.98. The second-order valence-corrected chi connectivity index (χ2v) is 5.46. The fourth-order valence-electron chi connectivity index (χ4n) is 2.91. The van der Waals surface area contributed by atoms with Gasteiger partial charge in [-0.15, -0.1) is 0 Å². The Bertz CT molecular complexity index is 764. The molecule has 2 heterocycles. The van der Waals surface area contributed by atoms with Crippen molar-refractivity contribution in [3.63, 3.8) is 0 Å². The van der Waals surface area contributed by atoms with Crippen LogP contribution in [0, 0.1) is 0 Å². The Balaban J connectivity index is 2.04. The molecule has 0 radical (unpaired) electrons. The molecule has 0 fully saturated rings. The fraction of sp³-hybridized carbons (Fsp3) is 0.375. The molecular weight excluding hydrogens is 268 g/mol. The summed E-state index contributed by atoms with van der Waals surface area (Å²) >= 11 is 0. The van der Waals surface area contributed by atoms with Gasteiger partial charge in [-0.3, -0.25) is 9.59 Å². The summed E-state index contributed by atoms with van der Waals surface area (Å²) in [6, 6.07) is 5.57. The van der Waals surface area contributed by atoms with E-state index in [1.165, 1.54) is 5.56 Å². The summed E-state index contributed by atoms with van der Waals surface area (Å²) in [5.41, 5.74) is 2.13. The lowest BCUT2D eigenvalue weighted by atomic mass is 10.1. The molecule has 0 spiro atoms. The van der Waals surface area contributed by atoms with E-state index in [1.54, 1.807) is 19.4 Å². The van der Waals surface area contributed by atoms with E-state index in [2.05, 4.69) is 5.32 Å². The first kappa shape index (κ1) is 13.8. The lowest BCUT2D eigenvalue weighted by Crippen LogP contribution is -2.38. The van der Waals surface area contributed by atoms with Crippen LogP contribution in [0.25, 0.3) is 10.9 Å². The molecule has 1 aromatic heterocycles. The summed E-state index contributed by atoms with van der Waals surface area (Å²) < 4.78 is 7.00. The number of amides is 1. The minimum absolute atomic E-state index is 0.137. The molecule has 5 heteroatoms. The van der Waals surface area contributed by atoms with E-state index >= 15 is 0 Å². The summed E-state index contributed by atoms with van der Waals surface area (Å²) in [5.74, 6) is -0.340. The number of rotatable bonds is 4. The summed E-state index contributed by atoms with van der Waals surface area (Å²) in [6.45, 7) is 3.07. The molecule has 0 unspecified atom stereocenters. The van der Waals surface area contributed by atoms with Crippen LogP contribution in [0.1, 0.15) is 22.8 Å². The summed E-state index contributed by atoms with van der Waals surface area (Å²) in [4.78, 5) is 24.8. The van der Waals surface area contributed by atoms with Gasteiger partial charge in [0.2, 0.25) is 5.43 Å². The summed E-state index contributed by atoms with van der Waals surface area (Å²) in [6.07, 6.45) is 2.58. The van der Waals surface area contributed by atoms with Crippen LogP contribution in [0.4, 0.5) is 0 Å². The highest BCUT2D eigenvalue weighted by Crippen LogP contribution is 2.23. The minimum atomic E-state index is -0.340. The molecule has 0 bridgehead atoms. The standard InChI is InChI=1S/C16H18N2O3/c1-10(9-21-2)17-16(20)13-8-18-7-6-11-4-3-5-12(14(11)18)15(13)19/h3-5,8,10H,6-7,9H2,1-2H3,(H,17,20)/t10-/m0/s1. The Labute approximate surface area is 122 Å². The number of aromatic nitrogens is 1. The zero-order chi connectivity index (χ0) is 15.0. The molecule has 0 saturated heterocycles.